The number of halogens is 3. The molecule has 17 heavy (non-hydrogen) atoms. The Balaban J connectivity index is 2.59. The molecule has 0 saturated heterocycles. The van der Waals surface area contributed by atoms with Crippen LogP contribution >= 0.6 is 0 Å². The summed E-state index contributed by atoms with van der Waals surface area (Å²) < 4.78 is 40.3. The first kappa shape index (κ1) is 13.5. The summed E-state index contributed by atoms with van der Waals surface area (Å²) in [5.41, 5.74) is 0.762. The Morgan fingerprint density at radius 3 is 2.35 bits per heavy atom. The van der Waals surface area contributed by atoms with Crippen LogP contribution in [0.2, 0.25) is 0 Å². The van der Waals surface area contributed by atoms with Gasteiger partial charge in [0.15, 0.2) is 0 Å². The number of benzene rings is 1. The van der Waals surface area contributed by atoms with Crippen LogP contribution in [0.1, 0.15) is 22.8 Å². The van der Waals surface area contributed by atoms with E-state index in [9.17, 15) is 18.0 Å². The zero-order valence-corrected chi connectivity index (χ0v) is 9.17. The summed E-state index contributed by atoms with van der Waals surface area (Å²) in [7, 11) is 0. The topological polar surface area (TPSA) is 38.3 Å². The van der Waals surface area contributed by atoms with E-state index in [2.05, 4.69) is 0 Å². The van der Waals surface area contributed by atoms with Gasteiger partial charge in [-0.1, -0.05) is 12.1 Å². The summed E-state index contributed by atoms with van der Waals surface area (Å²) in [5.74, 6) is -0.483. The van der Waals surface area contributed by atoms with E-state index in [4.69, 9.17) is 4.74 Å². The second kappa shape index (κ2) is 5.67. The summed E-state index contributed by atoms with van der Waals surface area (Å²) >= 11 is 0. The molecular formula is C11H12F3NO2. The Morgan fingerprint density at radius 2 is 1.88 bits per heavy atom. The fraction of sp³-hybridized carbons (Fsp3) is 0.364. The first-order valence-electron chi connectivity index (χ1n) is 5.00. The highest BCUT2D eigenvalue weighted by atomic mass is 19.4. The van der Waals surface area contributed by atoms with Gasteiger partial charge in [0.25, 0.3) is 0 Å². The Bertz CT molecular complexity index is 373. The molecule has 94 valence electrons. The van der Waals surface area contributed by atoms with E-state index in [0.717, 1.165) is 0 Å². The van der Waals surface area contributed by atoms with Gasteiger partial charge >= 0.3 is 12.3 Å². The molecule has 1 aromatic rings. The van der Waals surface area contributed by atoms with Gasteiger partial charge in [0.2, 0.25) is 0 Å². The van der Waals surface area contributed by atoms with E-state index in [1.165, 1.54) is 29.6 Å². The van der Waals surface area contributed by atoms with Crippen molar-refractivity contribution in [1.82, 2.24) is 5.32 Å². The van der Waals surface area contributed by atoms with Gasteiger partial charge in [0.05, 0.1) is 12.2 Å². The van der Waals surface area contributed by atoms with Crippen LogP contribution in [0.25, 0.3) is 0 Å². The van der Waals surface area contributed by atoms with Gasteiger partial charge in [-0.25, -0.2) is 10.1 Å². The molecule has 0 heterocycles. The predicted octanol–water partition coefficient (Wildman–Crippen LogP) is 2.47. The number of ether oxygens (including phenoxy) is 1. The van der Waals surface area contributed by atoms with Gasteiger partial charge in [0.1, 0.15) is 0 Å². The van der Waals surface area contributed by atoms with Crippen LogP contribution in [0, 0.1) is 0 Å². The monoisotopic (exact) mass is 247 g/mol. The minimum Gasteiger partial charge on any atom is -0.462 e. The first-order chi connectivity index (χ1) is 7.92. The van der Waals surface area contributed by atoms with Crippen LogP contribution < -0.4 is 5.32 Å². The van der Waals surface area contributed by atoms with E-state index < -0.39 is 12.3 Å². The number of nitrogens with one attached hydrogen (secondary N) is 1. The lowest BCUT2D eigenvalue weighted by atomic mass is 10.1. The molecule has 1 aromatic carbocycles. The standard InChI is InChI=1S/C11H12F3NO2/c1-2-17-10(16)9-5-3-8(4-6-9)7-15-11(12,13)14/h3-6,15H,2,7H2,1H3. The molecular weight excluding hydrogens is 235 g/mol. The van der Waals surface area contributed by atoms with Crippen molar-refractivity contribution in [2.75, 3.05) is 6.61 Å². The zero-order valence-electron chi connectivity index (χ0n) is 9.17. The summed E-state index contributed by atoms with van der Waals surface area (Å²) in [6.45, 7) is 1.61. The molecule has 3 nitrogen and oxygen atoms in total. The van der Waals surface area contributed by atoms with Gasteiger partial charge in [-0.05, 0) is 24.6 Å². The van der Waals surface area contributed by atoms with Crippen molar-refractivity contribution in [2.45, 2.75) is 19.8 Å². The van der Waals surface area contributed by atoms with E-state index in [-0.39, 0.29) is 13.2 Å². The first-order valence-corrected chi connectivity index (χ1v) is 5.00. The molecule has 0 atom stereocenters. The second-order valence-corrected chi connectivity index (χ2v) is 3.27. The molecule has 0 aliphatic carbocycles. The Kier molecular flexibility index (Phi) is 4.51. The average Bonchev–Trinajstić information content (AvgIpc) is 2.26. The molecule has 0 radical (unpaired) electrons. The Labute approximate surface area is 96.6 Å². The van der Waals surface area contributed by atoms with Crippen molar-refractivity contribution >= 4 is 5.97 Å². The predicted molar refractivity (Wildman–Crippen MR) is 55.3 cm³/mol. The Morgan fingerprint density at radius 1 is 1.29 bits per heavy atom. The fourth-order valence-corrected chi connectivity index (χ4v) is 1.18. The highest BCUT2D eigenvalue weighted by Gasteiger charge is 2.25. The Hall–Kier alpha value is -1.56. The number of alkyl halides is 3. The van der Waals surface area contributed by atoms with Crippen LogP contribution in [0.3, 0.4) is 0 Å². The lowest BCUT2D eigenvalue weighted by molar-refractivity contribution is -0.158. The lowest BCUT2D eigenvalue weighted by Gasteiger charge is -2.08. The van der Waals surface area contributed by atoms with Crippen LogP contribution in [0.4, 0.5) is 13.2 Å². The van der Waals surface area contributed by atoms with Crippen molar-refractivity contribution in [3.8, 4) is 0 Å². The van der Waals surface area contributed by atoms with E-state index in [1.807, 2.05) is 0 Å². The van der Waals surface area contributed by atoms with Crippen LogP contribution in [0.15, 0.2) is 24.3 Å². The molecule has 6 heteroatoms. The van der Waals surface area contributed by atoms with Gasteiger partial charge in [-0.3, -0.25) is 0 Å². The average molecular weight is 247 g/mol. The van der Waals surface area contributed by atoms with Gasteiger partial charge < -0.3 is 4.74 Å². The summed E-state index contributed by atoms with van der Waals surface area (Å²) in [4.78, 5) is 11.3. The maximum Gasteiger partial charge on any atom is 0.457 e. The molecule has 0 aromatic heterocycles. The van der Waals surface area contributed by atoms with Crippen LogP contribution in [-0.4, -0.2) is 18.9 Å². The van der Waals surface area contributed by atoms with Crippen LogP contribution in [-0.2, 0) is 11.3 Å². The number of hydrogen-bond donors (Lipinski definition) is 1. The van der Waals surface area contributed by atoms with Crippen molar-refractivity contribution in [3.05, 3.63) is 35.4 Å². The molecule has 0 aliphatic heterocycles. The minimum absolute atomic E-state index is 0.260. The zero-order chi connectivity index (χ0) is 12.9. The van der Waals surface area contributed by atoms with Gasteiger partial charge in [-0.15, -0.1) is 0 Å². The number of carbonyl (C=O) groups excluding carboxylic acids is 1. The van der Waals surface area contributed by atoms with Crippen LogP contribution in [0.5, 0.6) is 0 Å². The molecule has 0 spiro atoms. The SMILES string of the molecule is CCOC(=O)c1ccc(CNC(F)(F)F)cc1. The number of carbonyl (C=O) groups is 1. The number of hydrogen-bond acceptors (Lipinski definition) is 3. The molecule has 1 rings (SSSR count). The quantitative estimate of drug-likeness (QED) is 0.656. The fourth-order valence-electron chi connectivity index (χ4n) is 1.18. The molecule has 0 aliphatic rings. The van der Waals surface area contributed by atoms with Gasteiger partial charge in [0, 0.05) is 6.54 Å². The third kappa shape index (κ3) is 4.86. The minimum atomic E-state index is -4.40. The number of rotatable bonds is 4. The van der Waals surface area contributed by atoms with Crippen molar-refractivity contribution in [3.63, 3.8) is 0 Å². The van der Waals surface area contributed by atoms with E-state index in [0.29, 0.717) is 11.1 Å². The van der Waals surface area contributed by atoms with Crippen molar-refractivity contribution < 1.29 is 22.7 Å². The molecule has 0 bridgehead atoms. The summed E-state index contributed by atoms with van der Waals surface area (Å²) in [6, 6.07) is 5.77. The molecule has 1 N–H and O–H groups in total. The van der Waals surface area contributed by atoms with E-state index >= 15 is 0 Å². The smallest absolute Gasteiger partial charge is 0.457 e. The maximum absolute atomic E-state index is 11.9. The molecule has 0 amide bonds. The van der Waals surface area contributed by atoms with Gasteiger partial charge in [-0.2, -0.15) is 13.2 Å². The number of esters is 1. The molecule has 0 fully saturated rings. The molecule has 0 saturated carbocycles. The van der Waals surface area contributed by atoms with E-state index in [1.54, 1.807) is 6.92 Å². The summed E-state index contributed by atoms with van der Waals surface area (Å²) in [5, 5.41) is 1.40. The highest BCUT2D eigenvalue weighted by Crippen LogP contribution is 2.12. The van der Waals surface area contributed by atoms with Crippen molar-refractivity contribution in [2.24, 2.45) is 0 Å². The third-order valence-electron chi connectivity index (χ3n) is 1.96. The van der Waals surface area contributed by atoms with Crippen molar-refractivity contribution in [1.29, 1.82) is 0 Å². The highest BCUT2D eigenvalue weighted by molar-refractivity contribution is 5.89. The normalized spacial score (nSPS) is 11.3. The largest absolute Gasteiger partial charge is 0.462 e. The maximum atomic E-state index is 11.9. The second-order valence-electron chi connectivity index (χ2n) is 3.27. The third-order valence-corrected chi connectivity index (χ3v) is 1.96. The summed E-state index contributed by atoms with van der Waals surface area (Å²) in [6.07, 6.45) is -4.40. The molecule has 0 unspecified atom stereocenters. The lowest BCUT2D eigenvalue weighted by Crippen LogP contribution is -2.30.